The summed E-state index contributed by atoms with van der Waals surface area (Å²) in [5, 5.41) is 2.82. The molecular weight excluding hydrogens is 362 g/mol. The molecule has 0 aliphatic carbocycles. The monoisotopic (exact) mass is 391 g/mol. The fourth-order valence-corrected chi connectivity index (χ4v) is 3.43. The smallest absolute Gasteiger partial charge is 0.243 e. The Morgan fingerprint density at radius 3 is 2.76 bits per heavy atom. The summed E-state index contributed by atoms with van der Waals surface area (Å²) in [4.78, 5) is 16.1. The van der Waals surface area contributed by atoms with E-state index in [4.69, 9.17) is 9.72 Å². The third-order valence-corrected chi connectivity index (χ3v) is 4.91. The molecule has 3 rings (SSSR count). The molecule has 0 saturated carbocycles. The van der Waals surface area contributed by atoms with Crippen molar-refractivity contribution in [2.75, 3.05) is 13.2 Å². The molecule has 2 aromatic carbocycles. The third-order valence-electron chi connectivity index (χ3n) is 4.91. The van der Waals surface area contributed by atoms with Gasteiger partial charge >= 0.3 is 0 Å². The minimum absolute atomic E-state index is 0.143. The number of carbonyl (C=O) groups is 1. The van der Waals surface area contributed by atoms with E-state index in [1.165, 1.54) is 11.6 Å². The van der Waals surface area contributed by atoms with Crippen molar-refractivity contribution in [3.05, 3.63) is 72.6 Å². The SMILES string of the molecule is C=CC(=O)NCCCc1nc2ccccc2n1CCOc1ccccc1C(C)C. The second-order valence-corrected chi connectivity index (χ2v) is 7.31. The number of para-hydroxylation sites is 3. The number of hydrogen-bond acceptors (Lipinski definition) is 3. The Labute approximate surface area is 172 Å². The Morgan fingerprint density at radius 1 is 1.21 bits per heavy atom. The number of carbonyl (C=O) groups excluding carboxylic acids is 1. The third kappa shape index (κ3) is 5.25. The highest BCUT2D eigenvalue weighted by Gasteiger charge is 2.12. The quantitative estimate of drug-likeness (QED) is 0.410. The van der Waals surface area contributed by atoms with Gasteiger partial charge in [-0.25, -0.2) is 4.98 Å². The van der Waals surface area contributed by atoms with Gasteiger partial charge in [0.15, 0.2) is 0 Å². The van der Waals surface area contributed by atoms with Crippen LogP contribution < -0.4 is 10.1 Å². The molecule has 5 nitrogen and oxygen atoms in total. The number of nitrogens with one attached hydrogen (secondary N) is 1. The van der Waals surface area contributed by atoms with Crippen LogP contribution in [0.2, 0.25) is 0 Å². The first-order valence-corrected chi connectivity index (χ1v) is 10.2. The predicted molar refractivity (Wildman–Crippen MR) is 117 cm³/mol. The van der Waals surface area contributed by atoms with Crippen LogP contribution in [0.4, 0.5) is 0 Å². The Kier molecular flexibility index (Phi) is 7.06. The van der Waals surface area contributed by atoms with Crippen molar-refractivity contribution < 1.29 is 9.53 Å². The van der Waals surface area contributed by atoms with E-state index < -0.39 is 0 Å². The van der Waals surface area contributed by atoms with Crippen molar-refractivity contribution in [3.8, 4) is 5.75 Å². The van der Waals surface area contributed by atoms with E-state index in [9.17, 15) is 4.79 Å². The zero-order valence-corrected chi connectivity index (χ0v) is 17.2. The molecule has 1 heterocycles. The van der Waals surface area contributed by atoms with E-state index in [1.807, 2.05) is 30.3 Å². The molecule has 0 fully saturated rings. The van der Waals surface area contributed by atoms with Crippen LogP contribution >= 0.6 is 0 Å². The van der Waals surface area contributed by atoms with Crippen molar-refractivity contribution in [3.63, 3.8) is 0 Å². The fourth-order valence-electron chi connectivity index (χ4n) is 3.43. The van der Waals surface area contributed by atoms with Gasteiger partial charge in [0, 0.05) is 13.0 Å². The Morgan fingerprint density at radius 2 is 1.97 bits per heavy atom. The second kappa shape index (κ2) is 9.92. The van der Waals surface area contributed by atoms with Crippen LogP contribution in [0.3, 0.4) is 0 Å². The highest BCUT2D eigenvalue weighted by Crippen LogP contribution is 2.26. The van der Waals surface area contributed by atoms with Gasteiger partial charge in [-0.05, 0) is 42.2 Å². The zero-order valence-electron chi connectivity index (χ0n) is 17.2. The van der Waals surface area contributed by atoms with Crippen LogP contribution in [0.5, 0.6) is 5.75 Å². The van der Waals surface area contributed by atoms with Crippen molar-refractivity contribution >= 4 is 16.9 Å². The summed E-state index contributed by atoms with van der Waals surface area (Å²) < 4.78 is 8.36. The Hall–Kier alpha value is -3.08. The largest absolute Gasteiger partial charge is 0.491 e. The Bertz CT molecular complexity index is 975. The number of hydrogen-bond donors (Lipinski definition) is 1. The lowest BCUT2D eigenvalue weighted by Crippen LogP contribution is -2.22. The molecule has 0 aliphatic heterocycles. The van der Waals surface area contributed by atoms with Gasteiger partial charge in [0.25, 0.3) is 0 Å². The van der Waals surface area contributed by atoms with Crippen LogP contribution in [0.15, 0.2) is 61.2 Å². The van der Waals surface area contributed by atoms with Gasteiger partial charge in [-0.1, -0.05) is 50.8 Å². The average molecular weight is 392 g/mol. The topological polar surface area (TPSA) is 56.2 Å². The summed E-state index contributed by atoms with van der Waals surface area (Å²) in [7, 11) is 0. The maximum Gasteiger partial charge on any atom is 0.243 e. The number of imidazole rings is 1. The van der Waals surface area contributed by atoms with E-state index >= 15 is 0 Å². The van der Waals surface area contributed by atoms with E-state index in [0.29, 0.717) is 19.1 Å². The van der Waals surface area contributed by atoms with Crippen LogP contribution in [-0.2, 0) is 17.8 Å². The van der Waals surface area contributed by atoms with Crippen molar-refractivity contribution in [1.82, 2.24) is 14.9 Å². The van der Waals surface area contributed by atoms with E-state index in [1.54, 1.807) is 0 Å². The molecule has 0 aliphatic rings. The number of ether oxygens (including phenoxy) is 1. The van der Waals surface area contributed by atoms with Gasteiger partial charge in [-0.15, -0.1) is 0 Å². The zero-order chi connectivity index (χ0) is 20.6. The molecule has 0 bridgehead atoms. The molecule has 0 saturated heterocycles. The lowest BCUT2D eigenvalue weighted by atomic mass is 10.0. The molecule has 1 amide bonds. The number of fused-ring (bicyclic) bond motifs is 1. The second-order valence-electron chi connectivity index (χ2n) is 7.31. The number of amides is 1. The summed E-state index contributed by atoms with van der Waals surface area (Å²) >= 11 is 0. The molecule has 1 aromatic heterocycles. The summed E-state index contributed by atoms with van der Waals surface area (Å²) in [5.41, 5.74) is 3.32. The highest BCUT2D eigenvalue weighted by atomic mass is 16.5. The van der Waals surface area contributed by atoms with Crippen molar-refractivity contribution in [1.29, 1.82) is 0 Å². The number of aromatic nitrogens is 2. The van der Waals surface area contributed by atoms with Crippen molar-refractivity contribution in [2.45, 2.75) is 39.2 Å². The summed E-state index contributed by atoms with van der Waals surface area (Å²) in [5.74, 6) is 2.23. The normalized spacial score (nSPS) is 11.0. The molecule has 0 unspecified atom stereocenters. The molecule has 3 aromatic rings. The summed E-state index contributed by atoms with van der Waals surface area (Å²) in [6.45, 7) is 9.73. The van der Waals surface area contributed by atoms with Crippen LogP contribution in [0.25, 0.3) is 11.0 Å². The van der Waals surface area contributed by atoms with Crippen molar-refractivity contribution in [2.24, 2.45) is 0 Å². The molecule has 29 heavy (non-hydrogen) atoms. The standard InChI is InChI=1S/C24H29N3O2/c1-4-24(28)25-15-9-14-23-26-20-11-6-7-12-21(20)27(23)16-17-29-22-13-8-5-10-19(22)18(2)3/h4-8,10-13,18H,1,9,14-17H2,2-3H3,(H,25,28). The lowest BCUT2D eigenvalue weighted by molar-refractivity contribution is -0.116. The van der Waals surface area contributed by atoms with E-state index in [0.717, 1.165) is 42.0 Å². The van der Waals surface area contributed by atoms with Crippen LogP contribution in [-0.4, -0.2) is 28.6 Å². The molecule has 1 N–H and O–H groups in total. The molecule has 5 heteroatoms. The first-order valence-electron chi connectivity index (χ1n) is 10.2. The maximum atomic E-state index is 11.3. The number of benzene rings is 2. The van der Waals surface area contributed by atoms with Gasteiger partial charge in [0.05, 0.1) is 17.6 Å². The van der Waals surface area contributed by atoms with Gasteiger partial charge in [-0.3, -0.25) is 4.79 Å². The first kappa shape index (κ1) is 20.6. The highest BCUT2D eigenvalue weighted by molar-refractivity contribution is 5.86. The lowest BCUT2D eigenvalue weighted by Gasteiger charge is -2.15. The van der Waals surface area contributed by atoms with Gasteiger partial charge in [0.1, 0.15) is 18.2 Å². The van der Waals surface area contributed by atoms with E-state index in [2.05, 4.69) is 48.5 Å². The number of aryl methyl sites for hydroxylation is 1. The molecule has 0 radical (unpaired) electrons. The maximum absolute atomic E-state index is 11.3. The first-order chi connectivity index (χ1) is 14.1. The van der Waals surface area contributed by atoms with Gasteiger partial charge in [0.2, 0.25) is 5.91 Å². The van der Waals surface area contributed by atoms with Crippen LogP contribution in [0.1, 0.15) is 37.6 Å². The molecule has 0 atom stereocenters. The molecular formula is C24H29N3O2. The van der Waals surface area contributed by atoms with Crippen LogP contribution in [0, 0.1) is 0 Å². The minimum Gasteiger partial charge on any atom is -0.491 e. The average Bonchev–Trinajstić information content (AvgIpc) is 3.08. The van der Waals surface area contributed by atoms with E-state index in [-0.39, 0.29) is 5.91 Å². The number of rotatable bonds is 10. The molecule has 0 spiro atoms. The van der Waals surface area contributed by atoms with Gasteiger partial charge in [-0.2, -0.15) is 0 Å². The summed E-state index contributed by atoms with van der Waals surface area (Å²) in [6.07, 6.45) is 2.90. The minimum atomic E-state index is -0.143. The predicted octanol–water partition coefficient (Wildman–Crippen LogP) is 4.47. The summed E-state index contributed by atoms with van der Waals surface area (Å²) in [6, 6.07) is 16.4. The molecule has 152 valence electrons. The Balaban J connectivity index is 1.69. The number of nitrogens with zero attached hydrogens (tertiary/aromatic N) is 2. The van der Waals surface area contributed by atoms with Gasteiger partial charge < -0.3 is 14.6 Å². The fraction of sp³-hybridized carbons (Fsp3) is 0.333.